The van der Waals surface area contributed by atoms with Crippen LogP contribution >= 0.6 is 23.8 Å². The number of anilines is 1. The maximum Gasteiger partial charge on any atom is 0.277 e. The predicted octanol–water partition coefficient (Wildman–Crippen LogP) is 4.29. The van der Waals surface area contributed by atoms with Crippen LogP contribution in [0, 0.1) is 20.2 Å². The number of rotatable bonds is 4. The van der Waals surface area contributed by atoms with Crippen LogP contribution < -0.4 is 10.6 Å². The molecule has 0 bridgehead atoms. The van der Waals surface area contributed by atoms with Crippen molar-refractivity contribution in [3.63, 3.8) is 0 Å². The Balaban J connectivity index is 2.27. The zero-order valence-electron chi connectivity index (χ0n) is 16.1. The largest absolute Gasteiger partial charge is 0.504 e. The zero-order chi connectivity index (χ0) is 22.8. The van der Waals surface area contributed by atoms with Gasteiger partial charge < -0.3 is 10.4 Å². The summed E-state index contributed by atoms with van der Waals surface area (Å²) in [6.07, 6.45) is 0. The van der Waals surface area contributed by atoms with E-state index in [0.717, 1.165) is 23.8 Å². The van der Waals surface area contributed by atoms with E-state index in [2.05, 4.69) is 10.6 Å². The number of amides is 1. The van der Waals surface area contributed by atoms with Crippen LogP contribution in [0.4, 0.5) is 17.1 Å². The van der Waals surface area contributed by atoms with E-state index < -0.39 is 27.1 Å². The van der Waals surface area contributed by atoms with E-state index in [1.165, 1.54) is 0 Å². The lowest BCUT2D eigenvalue weighted by Crippen LogP contribution is -2.34. The van der Waals surface area contributed by atoms with Crippen molar-refractivity contribution in [3.05, 3.63) is 66.7 Å². The number of benzene rings is 2. The minimum atomic E-state index is -0.906. The van der Waals surface area contributed by atoms with Crippen molar-refractivity contribution in [3.8, 4) is 5.75 Å². The number of nitrogens with one attached hydrogen (secondary N) is 2. The quantitative estimate of drug-likeness (QED) is 0.269. The van der Waals surface area contributed by atoms with E-state index in [9.17, 15) is 30.1 Å². The van der Waals surface area contributed by atoms with Gasteiger partial charge in [0.25, 0.3) is 17.3 Å². The minimum Gasteiger partial charge on any atom is -0.504 e. The molecule has 0 unspecified atom stereocenters. The molecule has 2 rings (SSSR count). The first-order valence-corrected chi connectivity index (χ1v) is 9.17. The van der Waals surface area contributed by atoms with E-state index in [1.54, 1.807) is 12.1 Å². The number of hydrogen-bond donors (Lipinski definition) is 3. The Bertz CT molecular complexity index is 1040. The molecule has 0 fully saturated rings. The summed E-state index contributed by atoms with van der Waals surface area (Å²) >= 11 is 11.1. The van der Waals surface area contributed by atoms with Gasteiger partial charge in [0, 0.05) is 12.1 Å². The van der Waals surface area contributed by atoms with Gasteiger partial charge in [-0.2, -0.15) is 0 Å². The first-order chi connectivity index (χ1) is 13.8. The van der Waals surface area contributed by atoms with Gasteiger partial charge in [0.1, 0.15) is 0 Å². The van der Waals surface area contributed by atoms with Crippen molar-refractivity contribution in [1.29, 1.82) is 0 Å². The Kier molecular flexibility index (Phi) is 6.58. The van der Waals surface area contributed by atoms with Gasteiger partial charge in [0.05, 0.1) is 32.2 Å². The molecule has 0 aliphatic heterocycles. The Morgan fingerprint density at radius 1 is 1.07 bits per heavy atom. The molecule has 12 heteroatoms. The number of carbonyl (C=O) groups is 1. The fourth-order valence-electron chi connectivity index (χ4n) is 2.39. The van der Waals surface area contributed by atoms with Crippen molar-refractivity contribution in [2.75, 3.05) is 5.32 Å². The molecule has 0 atom stereocenters. The lowest BCUT2D eigenvalue weighted by atomic mass is 9.87. The van der Waals surface area contributed by atoms with Crippen LogP contribution in [0.25, 0.3) is 0 Å². The monoisotopic (exact) mass is 452 g/mol. The average Bonchev–Trinajstić information content (AvgIpc) is 2.63. The summed E-state index contributed by atoms with van der Waals surface area (Å²) in [5.41, 5.74) is -0.920. The highest BCUT2D eigenvalue weighted by molar-refractivity contribution is 7.80. The van der Waals surface area contributed by atoms with E-state index in [4.69, 9.17) is 23.8 Å². The zero-order valence-corrected chi connectivity index (χ0v) is 17.6. The third-order valence-corrected chi connectivity index (χ3v) is 4.48. The lowest BCUT2D eigenvalue weighted by molar-refractivity contribution is -0.394. The summed E-state index contributed by atoms with van der Waals surface area (Å²) < 4.78 is 0. The number of carbonyl (C=O) groups excluding carboxylic acids is 1. The van der Waals surface area contributed by atoms with Crippen LogP contribution in [0.1, 0.15) is 36.7 Å². The van der Waals surface area contributed by atoms with Crippen molar-refractivity contribution in [2.24, 2.45) is 0 Å². The topological polar surface area (TPSA) is 148 Å². The number of phenols is 1. The Morgan fingerprint density at radius 2 is 1.60 bits per heavy atom. The fraction of sp³-hybridized carbons (Fsp3) is 0.222. The molecular formula is C18H17ClN4O6S. The van der Waals surface area contributed by atoms with Crippen LogP contribution in [-0.4, -0.2) is 26.0 Å². The summed E-state index contributed by atoms with van der Waals surface area (Å²) in [6, 6.07) is 5.73. The predicted molar refractivity (Wildman–Crippen MR) is 115 cm³/mol. The van der Waals surface area contributed by atoms with Crippen molar-refractivity contribution in [2.45, 2.75) is 26.2 Å². The molecular weight excluding hydrogens is 436 g/mol. The summed E-state index contributed by atoms with van der Waals surface area (Å²) in [4.78, 5) is 32.6. The lowest BCUT2D eigenvalue weighted by Gasteiger charge is -2.21. The van der Waals surface area contributed by atoms with E-state index >= 15 is 0 Å². The van der Waals surface area contributed by atoms with E-state index in [0.29, 0.717) is 0 Å². The van der Waals surface area contributed by atoms with Gasteiger partial charge in [-0.05, 0) is 35.3 Å². The van der Waals surface area contributed by atoms with Crippen LogP contribution in [0.2, 0.25) is 5.02 Å². The number of nitrogens with zero attached hydrogens (tertiary/aromatic N) is 2. The van der Waals surface area contributed by atoms with Gasteiger partial charge in [-0.25, -0.2) is 0 Å². The van der Waals surface area contributed by atoms with Gasteiger partial charge in [-0.3, -0.25) is 30.3 Å². The molecule has 0 aromatic heterocycles. The standard InChI is InChI=1S/C18H17ClN4O6S/c1-18(2,3)10-6-13(19)15(24)14(7-10)20-17(30)21-16(25)9-4-11(22(26)27)8-12(5-9)23(28)29/h4-8,24H,1-3H3,(H2,20,21,25,30). The van der Waals surface area contributed by atoms with Crippen molar-refractivity contribution in [1.82, 2.24) is 5.32 Å². The second kappa shape index (κ2) is 8.59. The Hall–Kier alpha value is -3.31. The van der Waals surface area contributed by atoms with Crippen LogP contribution in [-0.2, 0) is 5.41 Å². The number of phenolic OH excluding ortho intramolecular Hbond substituents is 1. The van der Waals surface area contributed by atoms with E-state index in [-0.39, 0.29) is 32.6 Å². The maximum absolute atomic E-state index is 12.4. The van der Waals surface area contributed by atoms with Crippen molar-refractivity contribution < 1.29 is 19.7 Å². The van der Waals surface area contributed by atoms with Crippen LogP contribution in [0.5, 0.6) is 5.75 Å². The van der Waals surface area contributed by atoms with Gasteiger partial charge in [-0.15, -0.1) is 0 Å². The van der Waals surface area contributed by atoms with Gasteiger partial charge in [0.2, 0.25) is 0 Å². The second-order valence-corrected chi connectivity index (χ2v) is 8.08. The summed E-state index contributed by atoms with van der Waals surface area (Å²) in [7, 11) is 0. The van der Waals surface area contributed by atoms with Crippen LogP contribution in [0.3, 0.4) is 0 Å². The van der Waals surface area contributed by atoms with Gasteiger partial charge in [-0.1, -0.05) is 32.4 Å². The van der Waals surface area contributed by atoms with Gasteiger partial charge in [0.15, 0.2) is 10.9 Å². The molecule has 0 aliphatic carbocycles. The molecule has 0 heterocycles. The molecule has 0 saturated heterocycles. The molecule has 10 nitrogen and oxygen atoms in total. The number of nitro benzene ring substituents is 2. The molecule has 1 amide bonds. The molecule has 0 spiro atoms. The number of hydrogen-bond acceptors (Lipinski definition) is 7. The summed E-state index contributed by atoms with van der Waals surface area (Å²) in [5.74, 6) is -1.19. The number of thiocarbonyl (C=S) groups is 1. The molecule has 2 aromatic carbocycles. The summed E-state index contributed by atoms with van der Waals surface area (Å²) in [6.45, 7) is 5.82. The second-order valence-electron chi connectivity index (χ2n) is 7.26. The average molecular weight is 453 g/mol. The maximum atomic E-state index is 12.4. The van der Waals surface area contributed by atoms with Gasteiger partial charge >= 0.3 is 0 Å². The Morgan fingerprint density at radius 3 is 2.07 bits per heavy atom. The normalized spacial score (nSPS) is 10.9. The number of halogens is 1. The molecule has 2 aromatic rings. The molecule has 30 heavy (non-hydrogen) atoms. The fourth-order valence-corrected chi connectivity index (χ4v) is 2.82. The highest BCUT2D eigenvalue weighted by Crippen LogP contribution is 2.37. The molecule has 158 valence electrons. The highest BCUT2D eigenvalue weighted by Gasteiger charge is 2.22. The SMILES string of the molecule is CC(C)(C)c1cc(Cl)c(O)c(NC(=S)NC(=O)c2cc([N+](=O)[O-])cc([N+](=O)[O-])c2)c1. The molecule has 3 N–H and O–H groups in total. The third-order valence-electron chi connectivity index (χ3n) is 3.99. The third kappa shape index (κ3) is 5.39. The minimum absolute atomic E-state index is 0.0772. The van der Waals surface area contributed by atoms with Crippen molar-refractivity contribution >= 4 is 51.9 Å². The summed E-state index contributed by atoms with van der Waals surface area (Å²) in [5, 5.41) is 36.8. The molecule has 0 radical (unpaired) electrons. The molecule has 0 aliphatic rings. The Labute approximate surface area is 181 Å². The number of non-ortho nitro benzene ring substituents is 2. The first kappa shape index (κ1) is 23.0. The highest BCUT2D eigenvalue weighted by atomic mass is 35.5. The number of nitro groups is 2. The molecule has 0 saturated carbocycles. The number of aromatic hydroxyl groups is 1. The van der Waals surface area contributed by atoms with E-state index in [1.807, 2.05) is 20.8 Å². The van der Waals surface area contributed by atoms with Crippen LogP contribution in [0.15, 0.2) is 30.3 Å². The smallest absolute Gasteiger partial charge is 0.277 e. The first-order valence-electron chi connectivity index (χ1n) is 8.39.